The molecule has 1 aromatic rings. The van der Waals surface area contributed by atoms with E-state index in [2.05, 4.69) is 37.9 Å². The summed E-state index contributed by atoms with van der Waals surface area (Å²) in [6.45, 7) is 12.6. The fourth-order valence-electron chi connectivity index (χ4n) is 4.32. The molecule has 0 spiro atoms. The van der Waals surface area contributed by atoms with Crippen LogP contribution < -0.4 is 10.9 Å². The van der Waals surface area contributed by atoms with Gasteiger partial charge in [0.15, 0.2) is 0 Å². The molecule has 9 nitrogen and oxygen atoms in total. The fraction of sp³-hybridized carbons (Fsp3) is 0.852. The molecule has 0 bridgehead atoms. The molecule has 0 saturated carbocycles. The van der Waals surface area contributed by atoms with Gasteiger partial charge in [-0.2, -0.15) is 0 Å². The quantitative estimate of drug-likeness (QED) is 0.199. The van der Waals surface area contributed by atoms with Gasteiger partial charge in [0, 0.05) is 0 Å². The average Bonchev–Trinajstić information content (AvgIpc) is 3.04. The van der Waals surface area contributed by atoms with E-state index in [1.807, 2.05) is 0 Å². The van der Waals surface area contributed by atoms with Crippen molar-refractivity contribution in [3.8, 4) is 0 Å². The fourth-order valence-corrected chi connectivity index (χ4v) is 4.32. The monoisotopic (exact) mass is 532 g/mol. The maximum atomic E-state index is 13.0. The van der Waals surface area contributed by atoms with Crippen LogP contribution in [-0.2, 0) is 23.7 Å². The molecule has 1 aliphatic heterocycles. The van der Waals surface area contributed by atoms with E-state index in [4.69, 9.17) is 31.1 Å². The molecule has 1 aliphatic rings. The Kier molecular flexibility index (Phi) is 17.0. The molecule has 1 N–H and O–H groups in total. The van der Waals surface area contributed by atoms with Crippen molar-refractivity contribution in [3.63, 3.8) is 0 Å². The number of hydrogen-bond acceptors (Lipinski definition) is 8. The van der Waals surface area contributed by atoms with Crippen LogP contribution in [0, 0.1) is 0 Å². The van der Waals surface area contributed by atoms with E-state index in [9.17, 15) is 4.79 Å². The standard InChI is InChI=1S/C27H48B2N3O6/c1-5-9-15-34-20-22-26(37-18-12-8-4)25(36-17-11-7-3)21(35-16-10-6-2)19-24(38-22)32-14-13-23(31-29-28)30-27(32)33/h13-14,21-22,24-26H,5-12,15-20H2,1-4H3,(H,30,31,33)/t21-,22+,24-,25-,26+/m0/s1. The molecule has 1 saturated heterocycles. The molecule has 2 heterocycles. The molecule has 0 unspecified atom stereocenters. The Balaban J connectivity index is 2.45. The Morgan fingerprint density at radius 2 is 1.58 bits per heavy atom. The van der Waals surface area contributed by atoms with E-state index in [1.165, 1.54) is 11.5 Å². The molecular formula is C27H48B2N3O6. The van der Waals surface area contributed by atoms with Crippen LogP contribution in [0.5, 0.6) is 0 Å². The third-order valence-corrected chi connectivity index (χ3v) is 6.56. The van der Waals surface area contributed by atoms with Crippen LogP contribution in [-0.4, -0.2) is 81.3 Å². The first kappa shape index (κ1) is 32.8. The maximum absolute atomic E-state index is 13.0. The summed E-state index contributed by atoms with van der Waals surface area (Å²) in [6, 6.07) is 1.70. The van der Waals surface area contributed by atoms with E-state index >= 15 is 0 Å². The van der Waals surface area contributed by atoms with Gasteiger partial charge in [0.05, 0.1) is 0 Å². The van der Waals surface area contributed by atoms with Crippen molar-refractivity contribution in [1.82, 2.24) is 9.55 Å². The van der Waals surface area contributed by atoms with Gasteiger partial charge in [0.25, 0.3) is 0 Å². The molecule has 213 valence electrons. The number of rotatable bonds is 20. The normalized spacial score (nSPS) is 23.6. The Hall–Kier alpha value is -1.39. The topological polar surface area (TPSA) is 93.1 Å². The van der Waals surface area contributed by atoms with Crippen molar-refractivity contribution >= 4 is 20.1 Å². The van der Waals surface area contributed by atoms with Gasteiger partial charge in [0.2, 0.25) is 0 Å². The molecular weight excluding hydrogens is 484 g/mol. The van der Waals surface area contributed by atoms with Gasteiger partial charge in [-0.15, -0.1) is 0 Å². The molecule has 38 heavy (non-hydrogen) atoms. The Morgan fingerprint density at radius 3 is 2.18 bits per heavy atom. The minimum absolute atomic E-state index is 0.322. The summed E-state index contributed by atoms with van der Waals surface area (Å²) >= 11 is 0. The van der Waals surface area contributed by atoms with Gasteiger partial charge in [-0.05, 0) is 0 Å². The van der Waals surface area contributed by atoms with Crippen LogP contribution in [0.4, 0.5) is 5.82 Å². The Morgan fingerprint density at radius 1 is 0.974 bits per heavy atom. The summed E-state index contributed by atoms with van der Waals surface area (Å²) in [5.41, 5.74) is -0.436. The van der Waals surface area contributed by atoms with Crippen LogP contribution in [0.15, 0.2) is 17.1 Å². The molecule has 1 fully saturated rings. The molecule has 2 rings (SSSR count). The molecule has 0 aliphatic carbocycles. The second kappa shape index (κ2) is 19.6. The molecule has 1 aromatic heterocycles. The number of hydrogen-bond donors (Lipinski definition) is 1. The van der Waals surface area contributed by atoms with Gasteiger partial charge in [-0.3, -0.25) is 0 Å². The van der Waals surface area contributed by atoms with Crippen LogP contribution in [0.1, 0.15) is 91.7 Å². The van der Waals surface area contributed by atoms with E-state index in [0.717, 1.165) is 51.4 Å². The zero-order valence-electron chi connectivity index (χ0n) is 23.9. The second-order valence-electron chi connectivity index (χ2n) is 9.75. The number of ether oxygens (including phenoxy) is 5. The third-order valence-electron chi connectivity index (χ3n) is 6.56. The summed E-state index contributed by atoms with van der Waals surface area (Å²) in [5.74, 6) is 0.374. The number of aromatic nitrogens is 2. The first-order valence-corrected chi connectivity index (χ1v) is 14.6. The van der Waals surface area contributed by atoms with Crippen LogP contribution >= 0.6 is 0 Å². The summed E-state index contributed by atoms with van der Waals surface area (Å²) in [7, 11) is 5.44. The van der Waals surface area contributed by atoms with Gasteiger partial charge < -0.3 is 0 Å². The molecule has 11 heteroatoms. The molecule has 0 aromatic carbocycles. The second-order valence-corrected chi connectivity index (χ2v) is 9.75. The Labute approximate surface area is 230 Å². The van der Waals surface area contributed by atoms with E-state index in [0.29, 0.717) is 45.3 Å². The van der Waals surface area contributed by atoms with Crippen molar-refractivity contribution in [3.05, 3.63) is 22.7 Å². The number of nitrogens with zero attached hydrogens (tertiary/aromatic N) is 2. The molecule has 5 atom stereocenters. The van der Waals surface area contributed by atoms with Gasteiger partial charge in [0.1, 0.15) is 0 Å². The van der Waals surface area contributed by atoms with Crippen LogP contribution in [0.2, 0.25) is 0 Å². The first-order chi connectivity index (χ1) is 18.6. The van der Waals surface area contributed by atoms with E-state index in [1.54, 1.807) is 12.3 Å². The summed E-state index contributed by atoms with van der Waals surface area (Å²) in [4.78, 5) is 17.1. The zero-order chi connectivity index (χ0) is 27.6. The average molecular weight is 532 g/mol. The predicted molar refractivity (Wildman–Crippen MR) is 152 cm³/mol. The number of nitrogens with one attached hydrogen (secondary N) is 1. The van der Waals surface area contributed by atoms with Crippen molar-refractivity contribution in [1.29, 1.82) is 0 Å². The number of anilines is 1. The summed E-state index contributed by atoms with van der Waals surface area (Å²) in [5, 5.41) is 2.76. The predicted octanol–water partition coefficient (Wildman–Crippen LogP) is 4.02. The SMILES string of the molecule is [B]=BNc1ccn([C@@H]2C[C@H](OCCCC)[C@H](OCCCC)[C@H](OCCCC)[C@@H](COCCCC)O2)c(=O)n1. The van der Waals surface area contributed by atoms with Gasteiger partial charge in [-0.1, -0.05) is 47.0 Å². The van der Waals surface area contributed by atoms with Crippen LogP contribution in [0.25, 0.3) is 0 Å². The summed E-state index contributed by atoms with van der Waals surface area (Å²) in [6.07, 6.45) is 7.87. The van der Waals surface area contributed by atoms with Crippen molar-refractivity contribution in [2.75, 3.05) is 38.3 Å². The van der Waals surface area contributed by atoms with Crippen LogP contribution in [0.3, 0.4) is 0 Å². The number of unbranched alkanes of at least 4 members (excludes halogenated alkanes) is 4. The van der Waals surface area contributed by atoms with E-state index in [-0.39, 0.29) is 12.2 Å². The summed E-state index contributed by atoms with van der Waals surface area (Å²) < 4.78 is 33.6. The van der Waals surface area contributed by atoms with Crippen molar-refractivity contribution in [2.45, 2.75) is 116 Å². The van der Waals surface area contributed by atoms with Crippen molar-refractivity contribution in [2.24, 2.45) is 0 Å². The molecule has 0 amide bonds. The van der Waals surface area contributed by atoms with E-state index < -0.39 is 24.1 Å². The minimum atomic E-state index is -0.616. The molecule has 1 radical (unpaired) electrons. The van der Waals surface area contributed by atoms with Crippen molar-refractivity contribution < 1.29 is 23.7 Å². The third kappa shape index (κ3) is 11.0. The van der Waals surface area contributed by atoms with Gasteiger partial charge >= 0.3 is 184 Å². The van der Waals surface area contributed by atoms with Gasteiger partial charge in [-0.25, -0.2) is 0 Å². The first-order valence-electron chi connectivity index (χ1n) is 14.6. The zero-order valence-corrected chi connectivity index (χ0v) is 23.9. The Bertz CT molecular complexity index is 830.